The van der Waals surface area contributed by atoms with E-state index in [-0.39, 0.29) is 27.6 Å². The highest BCUT2D eigenvalue weighted by Crippen LogP contribution is 2.27. The minimum Gasteiger partial charge on any atom is -0.778 e. The second kappa shape index (κ2) is 23.3. The number of benzene rings is 1. The summed E-state index contributed by atoms with van der Waals surface area (Å²) in [6, 6.07) is 4.18. The van der Waals surface area contributed by atoms with E-state index in [4.69, 9.17) is 37.9 Å². The Morgan fingerprint density at radius 3 is 2.07 bits per heavy atom. The molecular formula is C30H44Cl2F3N8O9PS. The molecule has 17 nitrogen and oxygen atoms in total. The van der Waals surface area contributed by atoms with Crippen LogP contribution in [0.25, 0.3) is 5.69 Å². The molecule has 0 bridgehead atoms. The topological polar surface area (TPSA) is 243 Å². The van der Waals surface area contributed by atoms with Gasteiger partial charge in [-0.05, 0) is 75.3 Å². The van der Waals surface area contributed by atoms with Crippen LogP contribution in [0.3, 0.4) is 0 Å². The maximum absolute atomic E-state index is 12.9. The van der Waals surface area contributed by atoms with Crippen LogP contribution in [0, 0.1) is 0 Å². The maximum Gasteiger partial charge on any atom is 0.431 e. The van der Waals surface area contributed by atoms with E-state index in [1.54, 1.807) is 13.8 Å². The van der Waals surface area contributed by atoms with Crippen LogP contribution in [-0.2, 0) is 38.2 Å². The summed E-state index contributed by atoms with van der Waals surface area (Å²) < 4.78 is 54.5. The van der Waals surface area contributed by atoms with E-state index < -0.39 is 61.6 Å². The van der Waals surface area contributed by atoms with Crippen molar-refractivity contribution in [1.82, 2.24) is 29.4 Å². The molecule has 1 aromatic carbocycles. The van der Waals surface area contributed by atoms with Crippen molar-refractivity contribution in [2.45, 2.75) is 52.9 Å². The number of hydrogen-bond donors (Lipinski definition) is 5. The van der Waals surface area contributed by atoms with Gasteiger partial charge in [-0.2, -0.15) is 28.1 Å². The Morgan fingerprint density at radius 1 is 1.06 bits per heavy atom. The van der Waals surface area contributed by atoms with Gasteiger partial charge in [-0.25, -0.2) is 14.2 Å². The third kappa shape index (κ3) is 20.1. The third-order valence-electron chi connectivity index (χ3n) is 5.33. The molecule has 304 valence electrons. The van der Waals surface area contributed by atoms with E-state index in [0.29, 0.717) is 38.0 Å². The number of ether oxygens (including phenoxy) is 1. The molecular weight excluding hydrogens is 807 g/mol. The van der Waals surface area contributed by atoms with E-state index in [1.807, 2.05) is 26.1 Å². The summed E-state index contributed by atoms with van der Waals surface area (Å²) >= 11 is 11.7. The van der Waals surface area contributed by atoms with E-state index in [9.17, 15) is 41.8 Å². The number of carbonyl (C=O) groups is 2. The molecule has 0 saturated carbocycles. The summed E-state index contributed by atoms with van der Waals surface area (Å²) in [7, 11) is -2.81. The second-order valence-electron chi connectivity index (χ2n) is 11.6. The van der Waals surface area contributed by atoms with Crippen molar-refractivity contribution in [3.8, 4) is 5.69 Å². The smallest absolute Gasteiger partial charge is 0.431 e. The molecule has 0 radical (unpaired) electrons. The number of halogens is 5. The van der Waals surface area contributed by atoms with Crippen molar-refractivity contribution in [1.29, 1.82) is 0 Å². The zero-order chi connectivity index (χ0) is 42.1. The molecule has 0 spiro atoms. The molecule has 2 aromatic heterocycles. The van der Waals surface area contributed by atoms with E-state index in [1.165, 1.54) is 12.1 Å². The first kappa shape index (κ1) is 50.3. The molecule has 54 heavy (non-hydrogen) atoms. The van der Waals surface area contributed by atoms with Crippen LogP contribution in [0.15, 0.2) is 33.9 Å². The first-order valence-corrected chi connectivity index (χ1v) is 20.4. The fourth-order valence-corrected chi connectivity index (χ4v) is 4.18. The molecule has 5 N–H and O–H groups in total. The summed E-state index contributed by atoms with van der Waals surface area (Å²) in [5.74, 6) is -0.969. The summed E-state index contributed by atoms with van der Waals surface area (Å²) in [6.07, 6.45) is 0.571. The number of aromatic nitrogens is 5. The lowest BCUT2D eigenvalue weighted by molar-refractivity contribution is -0.193. The number of nitrogens with one attached hydrogen (secondary N) is 3. The molecule has 1 atom stereocenters. The Hall–Kier alpha value is -3.72. The number of esters is 1. The fourth-order valence-electron chi connectivity index (χ4n) is 3.44. The zero-order valence-corrected chi connectivity index (χ0v) is 34.0. The second-order valence-corrected chi connectivity index (χ2v) is 16.4. The van der Waals surface area contributed by atoms with E-state index >= 15 is 0 Å². The number of carboxylic acids is 1. The van der Waals surface area contributed by atoms with Crippen LogP contribution in [0.1, 0.15) is 50.7 Å². The lowest BCUT2D eigenvalue weighted by Gasteiger charge is -2.15. The van der Waals surface area contributed by atoms with E-state index in [0.717, 1.165) is 19.7 Å². The highest BCUT2D eigenvalue weighted by atomic mass is 35.5. The molecule has 0 aliphatic heterocycles. The molecule has 2 heterocycles. The van der Waals surface area contributed by atoms with Gasteiger partial charge in [0.25, 0.3) is 5.56 Å². The van der Waals surface area contributed by atoms with Gasteiger partial charge in [0.2, 0.25) is 17.2 Å². The quantitative estimate of drug-likeness (QED) is 0.106. The van der Waals surface area contributed by atoms with Gasteiger partial charge in [-0.15, -0.1) is 0 Å². The van der Waals surface area contributed by atoms with Gasteiger partial charge in [0.1, 0.15) is 13.3 Å². The van der Waals surface area contributed by atoms with Crippen molar-refractivity contribution in [3.05, 3.63) is 66.7 Å². The highest BCUT2D eigenvalue weighted by Gasteiger charge is 2.35. The Kier molecular flexibility index (Phi) is 21.7. The van der Waals surface area contributed by atoms with Gasteiger partial charge in [-0.3, -0.25) is 19.5 Å². The molecule has 3 aromatic rings. The number of rotatable bonds is 11. The fraction of sp³-hybridized carbons (Fsp3) is 0.500. The highest BCUT2D eigenvalue weighted by molar-refractivity contribution is 7.94. The number of anilines is 2. The zero-order valence-electron chi connectivity index (χ0n) is 30.8. The maximum atomic E-state index is 12.9. The first-order valence-electron chi connectivity index (χ1n) is 15.5. The Bertz CT molecular complexity index is 1860. The Balaban J connectivity index is 0.000000837. The molecule has 24 heteroatoms. The Morgan fingerprint density at radius 2 is 1.61 bits per heavy atom. The predicted octanol–water partition coefficient (Wildman–Crippen LogP) is 3.21. The molecule has 3 rings (SSSR count). The standard InChI is InChI=1S/C16H14ClF3N2O4.C8H14ClN5.C3H8NO5P.C3H9S/c1-8(2)26-14(24)10-6-9(4-5-11(10)17)22-13(23)7-12(16(18,19)20)21(3)15(22)25;1-4-10-7-12-6(9)13-8(14-7)11-5(2)3;5-3(6)1-4-2-10(7,8)9;1-4(2)3/h4-8H,1-3H3;5H,4H2,1-3H3,(H2,10,11,12,13,14);4H,1-2H2,(H,5,6)(H2,7,8,9);1-3H3/q;;;+1/p-1. The first-order chi connectivity index (χ1) is 24.7. The van der Waals surface area contributed by atoms with Crippen LogP contribution >= 0.6 is 30.8 Å². The van der Waals surface area contributed by atoms with Gasteiger partial charge in [0, 0.05) is 25.7 Å². The average Bonchev–Trinajstić information content (AvgIpc) is 2.98. The molecule has 0 aliphatic carbocycles. The van der Waals surface area contributed by atoms with Gasteiger partial charge >= 0.3 is 23.8 Å². The molecule has 0 fully saturated rings. The number of carbonyl (C=O) groups excluding carboxylic acids is 1. The van der Waals surface area contributed by atoms with Gasteiger partial charge in [0.05, 0.1) is 54.0 Å². The average molecular weight is 852 g/mol. The van der Waals surface area contributed by atoms with Gasteiger partial charge in [-0.1, -0.05) is 11.6 Å². The van der Waals surface area contributed by atoms with Gasteiger partial charge in [0.15, 0.2) is 0 Å². The van der Waals surface area contributed by atoms with Crippen molar-refractivity contribution in [2.75, 3.05) is 48.8 Å². The summed E-state index contributed by atoms with van der Waals surface area (Å²) in [5, 5.41) is 16.2. The predicted molar refractivity (Wildman–Crippen MR) is 201 cm³/mol. The van der Waals surface area contributed by atoms with Gasteiger partial charge < -0.3 is 34.8 Å². The molecule has 0 amide bonds. The number of nitrogens with zero attached hydrogens (tertiary/aromatic N) is 5. The molecule has 0 saturated heterocycles. The minimum absolute atomic E-state index is 0.0104. The lowest BCUT2D eigenvalue weighted by Crippen LogP contribution is -2.40. The largest absolute Gasteiger partial charge is 0.778 e. The van der Waals surface area contributed by atoms with Crippen molar-refractivity contribution < 1.29 is 47.0 Å². The third-order valence-corrected chi connectivity index (χ3v) is 6.45. The molecule has 0 aliphatic rings. The number of alkyl halides is 3. The summed E-state index contributed by atoms with van der Waals surface area (Å²) in [5.41, 5.74) is -4.01. The molecule has 1 unspecified atom stereocenters. The summed E-state index contributed by atoms with van der Waals surface area (Å²) in [4.78, 5) is 76.2. The van der Waals surface area contributed by atoms with Crippen LogP contribution in [0.5, 0.6) is 0 Å². The normalized spacial score (nSPS) is 12.0. The monoisotopic (exact) mass is 850 g/mol. The Labute approximate surface area is 322 Å². The van der Waals surface area contributed by atoms with E-state index in [2.05, 4.69) is 44.4 Å². The van der Waals surface area contributed by atoms with Crippen LogP contribution < -0.4 is 32.1 Å². The lowest BCUT2D eigenvalue weighted by atomic mass is 10.2. The van der Waals surface area contributed by atoms with Crippen LogP contribution in [-0.4, -0.2) is 96.3 Å². The SMILES string of the molecule is CC(C)OC(=O)c1cc(-n2c(=O)cc(C(F)(F)F)n(C)c2=O)ccc1Cl.CCNc1nc(Cl)nc(NC(C)C)n1.C[S+](C)C.O=C(O)CNCP(=O)([O-])O. The van der Waals surface area contributed by atoms with Crippen LogP contribution in [0.2, 0.25) is 10.3 Å². The van der Waals surface area contributed by atoms with Crippen LogP contribution in [0.4, 0.5) is 25.1 Å². The van der Waals surface area contributed by atoms with Crippen molar-refractivity contribution in [2.24, 2.45) is 7.05 Å². The summed E-state index contributed by atoms with van der Waals surface area (Å²) in [6.45, 7) is 9.48. The number of hydrogen-bond acceptors (Lipinski definition) is 13. The van der Waals surface area contributed by atoms with Crippen molar-refractivity contribution >= 4 is 65.5 Å². The number of aliphatic carboxylic acids is 1. The number of carboxylic acid groups (broad SMARTS) is 1. The minimum atomic E-state index is -4.86. The van der Waals surface area contributed by atoms with Crippen molar-refractivity contribution in [3.63, 3.8) is 0 Å².